The minimum absolute atomic E-state index is 0.170. The predicted octanol–water partition coefficient (Wildman–Crippen LogP) is 1.08. The molecule has 1 fully saturated rings. The van der Waals surface area contributed by atoms with Crippen LogP contribution in [0, 0.1) is 0 Å². The molecule has 0 aromatic heterocycles. The fourth-order valence-corrected chi connectivity index (χ4v) is 2.39. The molecule has 0 aliphatic carbocycles. The summed E-state index contributed by atoms with van der Waals surface area (Å²) >= 11 is 0. The number of amides is 2. The molecule has 1 rings (SSSR count). The molecule has 8 nitrogen and oxygen atoms in total. The Kier molecular flexibility index (Phi) is 9.08. The first-order valence-electron chi connectivity index (χ1n) is 9.08. The highest BCUT2D eigenvalue weighted by molar-refractivity contribution is 5.81. The van der Waals surface area contributed by atoms with Gasteiger partial charge >= 0.3 is 6.09 Å². The molecule has 1 saturated heterocycles. The summed E-state index contributed by atoms with van der Waals surface area (Å²) in [4.78, 5) is 29.8. The molecule has 1 aliphatic heterocycles. The second kappa shape index (κ2) is 10.8. The molecular formula is C17H33N5O3. The van der Waals surface area contributed by atoms with Gasteiger partial charge in [0, 0.05) is 39.1 Å². The Morgan fingerprint density at radius 2 is 1.72 bits per heavy atom. The molecule has 0 aromatic rings. The quantitative estimate of drug-likeness (QED) is 0.361. The molecule has 144 valence electrons. The van der Waals surface area contributed by atoms with Gasteiger partial charge in [-0.05, 0) is 40.5 Å². The Labute approximate surface area is 150 Å². The van der Waals surface area contributed by atoms with E-state index in [9.17, 15) is 9.59 Å². The van der Waals surface area contributed by atoms with Gasteiger partial charge in [0.15, 0.2) is 5.96 Å². The van der Waals surface area contributed by atoms with E-state index < -0.39 is 11.7 Å². The zero-order valence-corrected chi connectivity index (χ0v) is 16.0. The molecule has 0 unspecified atom stereocenters. The first kappa shape index (κ1) is 21.1. The van der Waals surface area contributed by atoms with Crippen LogP contribution in [0.2, 0.25) is 0 Å². The minimum atomic E-state index is -0.504. The summed E-state index contributed by atoms with van der Waals surface area (Å²) in [5.74, 6) is 0.811. The van der Waals surface area contributed by atoms with Crippen LogP contribution in [0.1, 0.15) is 47.0 Å². The zero-order chi connectivity index (χ0) is 18.7. The average molecular weight is 355 g/mol. The second-order valence-electron chi connectivity index (χ2n) is 6.95. The van der Waals surface area contributed by atoms with Gasteiger partial charge in [0.2, 0.25) is 5.91 Å². The molecule has 25 heavy (non-hydrogen) atoms. The SMILES string of the molecule is CCNC(=NCCC(=O)N1CCCC1)NCCNC(=O)OC(C)(C)C. The van der Waals surface area contributed by atoms with Crippen LogP contribution in [0.25, 0.3) is 0 Å². The number of nitrogens with one attached hydrogen (secondary N) is 3. The van der Waals surface area contributed by atoms with Crippen LogP contribution >= 0.6 is 0 Å². The van der Waals surface area contributed by atoms with Crippen molar-refractivity contribution >= 4 is 18.0 Å². The molecule has 1 aliphatic rings. The van der Waals surface area contributed by atoms with Gasteiger partial charge in [-0.25, -0.2) is 4.79 Å². The van der Waals surface area contributed by atoms with Crippen molar-refractivity contribution in [3.05, 3.63) is 0 Å². The third-order valence-electron chi connectivity index (χ3n) is 3.48. The highest BCUT2D eigenvalue weighted by Crippen LogP contribution is 2.08. The third kappa shape index (κ3) is 9.79. The smallest absolute Gasteiger partial charge is 0.407 e. The predicted molar refractivity (Wildman–Crippen MR) is 98.6 cm³/mol. The van der Waals surface area contributed by atoms with E-state index in [1.165, 1.54) is 0 Å². The van der Waals surface area contributed by atoms with Crippen molar-refractivity contribution in [1.29, 1.82) is 0 Å². The van der Waals surface area contributed by atoms with Crippen molar-refractivity contribution < 1.29 is 14.3 Å². The normalized spacial score (nSPS) is 15.0. The fraction of sp³-hybridized carbons (Fsp3) is 0.824. The topological polar surface area (TPSA) is 95.1 Å². The number of aliphatic imine (C=N–C) groups is 1. The number of likely N-dealkylation sites (tertiary alicyclic amines) is 1. The number of carbonyl (C=O) groups is 2. The van der Waals surface area contributed by atoms with Crippen molar-refractivity contribution in [3.63, 3.8) is 0 Å². The fourth-order valence-electron chi connectivity index (χ4n) is 2.39. The number of nitrogens with zero attached hydrogens (tertiary/aromatic N) is 2. The molecular weight excluding hydrogens is 322 g/mol. The van der Waals surface area contributed by atoms with Gasteiger partial charge in [0.1, 0.15) is 5.60 Å². The van der Waals surface area contributed by atoms with E-state index in [4.69, 9.17) is 4.74 Å². The highest BCUT2D eigenvalue weighted by Gasteiger charge is 2.17. The lowest BCUT2D eigenvalue weighted by molar-refractivity contribution is -0.129. The average Bonchev–Trinajstić information content (AvgIpc) is 3.04. The first-order chi connectivity index (χ1) is 11.8. The molecule has 1 heterocycles. The Balaban J connectivity index is 2.26. The van der Waals surface area contributed by atoms with E-state index in [0.29, 0.717) is 32.0 Å². The first-order valence-corrected chi connectivity index (χ1v) is 9.08. The van der Waals surface area contributed by atoms with E-state index in [2.05, 4.69) is 20.9 Å². The molecule has 0 aromatic carbocycles. The maximum atomic E-state index is 12.0. The summed E-state index contributed by atoms with van der Waals surface area (Å²) < 4.78 is 5.17. The number of guanidine groups is 1. The summed E-state index contributed by atoms with van der Waals surface area (Å²) in [5.41, 5.74) is -0.504. The van der Waals surface area contributed by atoms with Crippen molar-refractivity contribution in [3.8, 4) is 0 Å². The van der Waals surface area contributed by atoms with Gasteiger partial charge in [0.05, 0.1) is 6.54 Å². The van der Waals surface area contributed by atoms with Crippen LogP contribution in [0.5, 0.6) is 0 Å². The lowest BCUT2D eigenvalue weighted by atomic mass is 10.2. The lowest BCUT2D eigenvalue weighted by Gasteiger charge is -2.20. The van der Waals surface area contributed by atoms with Gasteiger partial charge in [-0.2, -0.15) is 0 Å². The molecule has 3 N–H and O–H groups in total. The minimum Gasteiger partial charge on any atom is -0.444 e. The maximum Gasteiger partial charge on any atom is 0.407 e. The summed E-state index contributed by atoms with van der Waals surface area (Å²) in [5, 5.41) is 8.93. The van der Waals surface area contributed by atoms with E-state index >= 15 is 0 Å². The Hall–Kier alpha value is -1.99. The number of rotatable bonds is 7. The van der Waals surface area contributed by atoms with E-state index in [1.807, 2.05) is 32.6 Å². The van der Waals surface area contributed by atoms with Crippen LogP contribution < -0.4 is 16.0 Å². The molecule has 2 amide bonds. The molecule has 0 spiro atoms. The Bertz CT molecular complexity index is 454. The Morgan fingerprint density at radius 3 is 2.32 bits per heavy atom. The van der Waals surface area contributed by atoms with Gasteiger partial charge in [0.25, 0.3) is 0 Å². The third-order valence-corrected chi connectivity index (χ3v) is 3.48. The van der Waals surface area contributed by atoms with Crippen LogP contribution in [0.3, 0.4) is 0 Å². The molecule has 0 atom stereocenters. The monoisotopic (exact) mass is 355 g/mol. The van der Waals surface area contributed by atoms with Crippen molar-refractivity contribution in [2.75, 3.05) is 39.3 Å². The van der Waals surface area contributed by atoms with Crippen LogP contribution in [-0.2, 0) is 9.53 Å². The van der Waals surface area contributed by atoms with Crippen molar-refractivity contribution in [1.82, 2.24) is 20.9 Å². The molecule has 0 bridgehead atoms. The van der Waals surface area contributed by atoms with E-state index in [-0.39, 0.29) is 5.91 Å². The summed E-state index contributed by atoms with van der Waals surface area (Å²) in [7, 11) is 0. The number of alkyl carbamates (subject to hydrolysis) is 1. The highest BCUT2D eigenvalue weighted by atomic mass is 16.6. The molecule has 0 saturated carbocycles. The standard InChI is InChI=1S/C17H33N5O3/c1-5-18-15(19-9-8-14(23)22-12-6-7-13-22)20-10-11-21-16(24)25-17(2,3)4/h5-13H2,1-4H3,(H,21,24)(H2,18,19,20). The lowest BCUT2D eigenvalue weighted by Crippen LogP contribution is -2.42. The van der Waals surface area contributed by atoms with Crippen LogP contribution in [-0.4, -0.2) is 67.7 Å². The van der Waals surface area contributed by atoms with Crippen molar-refractivity contribution in [2.45, 2.75) is 52.6 Å². The van der Waals surface area contributed by atoms with Gasteiger partial charge < -0.3 is 25.6 Å². The van der Waals surface area contributed by atoms with E-state index in [1.54, 1.807) is 0 Å². The number of hydrogen-bond acceptors (Lipinski definition) is 4. The van der Waals surface area contributed by atoms with Gasteiger partial charge in [-0.1, -0.05) is 0 Å². The summed E-state index contributed by atoms with van der Waals surface area (Å²) in [6.07, 6.45) is 2.19. The van der Waals surface area contributed by atoms with Gasteiger partial charge in [-0.3, -0.25) is 9.79 Å². The number of ether oxygens (including phenoxy) is 1. The van der Waals surface area contributed by atoms with Crippen LogP contribution in [0.15, 0.2) is 4.99 Å². The number of carbonyl (C=O) groups excluding carboxylic acids is 2. The zero-order valence-electron chi connectivity index (χ0n) is 16.0. The van der Waals surface area contributed by atoms with Gasteiger partial charge in [-0.15, -0.1) is 0 Å². The molecule has 8 heteroatoms. The van der Waals surface area contributed by atoms with Crippen molar-refractivity contribution in [2.24, 2.45) is 4.99 Å². The Morgan fingerprint density at radius 1 is 1.08 bits per heavy atom. The molecule has 0 radical (unpaired) electrons. The number of hydrogen-bond donors (Lipinski definition) is 3. The largest absolute Gasteiger partial charge is 0.444 e. The van der Waals surface area contributed by atoms with E-state index in [0.717, 1.165) is 32.5 Å². The second-order valence-corrected chi connectivity index (χ2v) is 6.95. The summed E-state index contributed by atoms with van der Waals surface area (Å²) in [6.45, 7) is 11.3. The van der Waals surface area contributed by atoms with Crippen LogP contribution in [0.4, 0.5) is 4.79 Å². The maximum absolute atomic E-state index is 12.0. The summed E-state index contributed by atoms with van der Waals surface area (Å²) in [6, 6.07) is 0.